The van der Waals surface area contributed by atoms with Crippen molar-refractivity contribution >= 4 is 11.7 Å². The number of amides is 1. The van der Waals surface area contributed by atoms with Gasteiger partial charge in [-0.1, -0.05) is 42.0 Å². The van der Waals surface area contributed by atoms with Gasteiger partial charge in [0.15, 0.2) is 5.78 Å². The van der Waals surface area contributed by atoms with Gasteiger partial charge in [0.1, 0.15) is 5.75 Å². The third-order valence-electron chi connectivity index (χ3n) is 5.36. The van der Waals surface area contributed by atoms with Gasteiger partial charge in [0.05, 0.1) is 13.2 Å². The molecule has 1 N–H and O–H groups in total. The second kappa shape index (κ2) is 10.2. The average molecular weight is 395 g/mol. The zero-order valence-electron chi connectivity index (χ0n) is 17.3. The van der Waals surface area contributed by atoms with Crippen molar-refractivity contribution in [1.29, 1.82) is 0 Å². The molecule has 1 fully saturated rings. The van der Waals surface area contributed by atoms with Gasteiger partial charge >= 0.3 is 0 Å². The number of nitrogens with one attached hydrogen (secondary N) is 1. The van der Waals surface area contributed by atoms with Crippen molar-refractivity contribution in [2.24, 2.45) is 5.92 Å². The molecular formula is C24H30N2O3. The van der Waals surface area contributed by atoms with Gasteiger partial charge in [0, 0.05) is 18.0 Å². The van der Waals surface area contributed by atoms with E-state index in [0.717, 1.165) is 48.4 Å². The Morgan fingerprint density at radius 3 is 2.52 bits per heavy atom. The monoisotopic (exact) mass is 394 g/mol. The average Bonchev–Trinajstić information content (AvgIpc) is 2.73. The second-order valence-electron chi connectivity index (χ2n) is 7.64. The normalized spacial score (nSPS) is 15.1. The van der Waals surface area contributed by atoms with Crippen molar-refractivity contribution in [2.75, 3.05) is 26.2 Å². The fourth-order valence-electron chi connectivity index (χ4n) is 3.68. The largest absolute Gasteiger partial charge is 0.494 e. The van der Waals surface area contributed by atoms with Crippen LogP contribution in [0.1, 0.15) is 41.3 Å². The first-order chi connectivity index (χ1) is 14.0. The molecule has 0 spiro atoms. The van der Waals surface area contributed by atoms with Gasteiger partial charge < -0.3 is 10.1 Å². The van der Waals surface area contributed by atoms with Crippen LogP contribution in [0.25, 0.3) is 0 Å². The number of aryl methyl sites for hydroxylation is 1. The minimum atomic E-state index is 0.00937. The van der Waals surface area contributed by atoms with Gasteiger partial charge in [-0.2, -0.15) is 0 Å². The van der Waals surface area contributed by atoms with Crippen molar-refractivity contribution in [3.8, 4) is 5.75 Å². The Hall–Kier alpha value is -2.66. The third-order valence-corrected chi connectivity index (χ3v) is 5.36. The molecular weight excluding hydrogens is 364 g/mol. The fourth-order valence-corrected chi connectivity index (χ4v) is 3.68. The highest BCUT2D eigenvalue weighted by molar-refractivity contribution is 5.97. The van der Waals surface area contributed by atoms with E-state index in [1.165, 1.54) is 0 Å². The number of piperidine rings is 1. The number of ketones is 1. The molecule has 0 unspecified atom stereocenters. The van der Waals surface area contributed by atoms with Gasteiger partial charge in [0.2, 0.25) is 5.91 Å². The van der Waals surface area contributed by atoms with Crippen molar-refractivity contribution in [3.63, 3.8) is 0 Å². The summed E-state index contributed by atoms with van der Waals surface area (Å²) in [6, 6.07) is 15.6. The lowest BCUT2D eigenvalue weighted by atomic mass is 9.88. The lowest BCUT2D eigenvalue weighted by Crippen LogP contribution is -2.42. The van der Waals surface area contributed by atoms with Crippen molar-refractivity contribution in [2.45, 2.75) is 33.2 Å². The van der Waals surface area contributed by atoms with Crippen LogP contribution in [-0.2, 0) is 11.3 Å². The first-order valence-corrected chi connectivity index (χ1v) is 10.4. The van der Waals surface area contributed by atoms with Crippen LogP contribution in [0.15, 0.2) is 48.5 Å². The fraction of sp³-hybridized carbons (Fsp3) is 0.417. The van der Waals surface area contributed by atoms with Crippen LogP contribution in [0.5, 0.6) is 5.75 Å². The van der Waals surface area contributed by atoms with Crippen LogP contribution in [-0.4, -0.2) is 42.8 Å². The summed E-state index contributed by atoms with van der Waals surface area (Å²) in [6.07, 6.45) is 1.60. The van der Waals surface area contributed by atoms with Gasteiger partial charge in [-0.15, -0.1) is 0 Å². The number of carbonyl (C=O) groups is 2. The van der Waals surface area contributed by atoms with E-state index in [9.17, 15) is 9.59 Å². The van der Waals surface area contributed by atoms with E-state index < -0.39 is 0 Å². The van der Waals surface area contributed by atoms with Gasteiger partial charge in [-0.25, -0.2) is 0 Å². The number of carbonyl (C=O) groups excluding carboxylic acids is 2. The number of nitrogens with zero attached hydrogens (tertiary/aromatic N) is 1. The topological polar surface area (TPSA) is 58.6 Å². The molecule has 1 amide bonds. The summed E-state index contributed by atoms with van der Waals surface area (Å²) in [4.78, 5) is 27.1. The Bertz CT molecular complexity index is 824. The molecule has 3 rings (SSSR count). The quantitative estimate of drug-likeness (QED) is 0.695. The highest BCUT2D eigenvalue weighted by Crippen LogP contribution is 2.22. The van der Waals surface area contributed by atoms with Crippen LogP contribution >= 0.6 is 0 Å². The minimum absolute atomic E-state index is 0.00937. The Morgan fingerprint density at radius 1 is 1.10 bits per heavy atom. The second-order valence-corrected chi connectivity index (χ2v) is 7.64. The molecule has 29 heavy (non-hydrogen) atoms. The maximum Gasteiger partial charge on any atom is 0.234 e. The smallest absolute Gasteiger partial charge is 0.234 e. The molecule has 2 aromatic carbocycles. The molecule has 0 saturated carbocycles. The SMILES string of the molecule is CCOc1cccc(CNC(=O)CN2CCC(C(=O)c3ccc(C)cc3)CC2)c1. The zero-order valence-corrected chi connectivity index (χ0v) is 17.3. The molecule has 1 aliphatic heterocycles. The summed E-state index contributed by atoms with van der Waals surface area (Å²) < 4.78 is 5.49. The molecule has 0 aliphatic carbocycles. The zero-order chi connectivity index (χ0) is 20.6. The van der Waals surface area contributed by atoms with E-state index in [4.69, 9.17) is 4.74 Å². The third kappa shape index (κ3) is 6.16. The molecule has 1 heterocycles. The van der Waals surface area contributed by atoms with Crippen molar-refractivity contribution in [1.82, 2.24) is 10.2 Å². The van der Waals surface area contributed by atoms with E-state index >= 15 is 0 Å². The van der Waals surface area contributed by atoms with Crippen LogP contribution in [0.4, 0.5) is 0 Å². The Balaban J connectivity index is 1.42. The van der Waals surface area contributed by atoms with E-state index in [1.807, 2.05) is 62.4 Å². The molecule has 1 aliphatic rings. The Morgan fingerprint density at radius 2 is 1.83 bits per heavy atom. The van der Waals surface area contributed by atoms with Crippen LogP contribution in [0, 0.1) is 12.8 Å². The standard InChI is InChI=1S/C24H30N2O3/c1-3-29-22-6-4-5-19(15-22)16-25-23(27)17-26-13-11-21(12-14-26)24(28)20-9-7-18(2)8-10-20/h4-10,15,21H,3,11-14,16-17H2,1-2H3,(H,25,27). The van der Waals surface area contributed by atoms with Gasteiger partial charge in [-0.05, 0) is 57.5 Å². The molecule has 5 nitrogen and oxygen atoms in total. The highest BCUT2D eigenvalue weighted by Gasteiger charge is 2.26. The molecule has 0 aromatic heterocycles. The molecule has 0 radical (unpaired) electrons. The number of rotatable bonds is 8. The number of hydrogen-bond acceptors (Lipinski definition) is 4. The Labute approximate surface area is 173 Å². The van der Waals surface area contributed by atoms with Crippen molar-refractivity contribution in [3.05, 3.63) is 65.2 Å². The first-order valence-electron chi connectivity index (χ1n) is 10.4. The van der Waals surface area contributed by atoms with Crippen molar-refractivity contribution < 1.29 is 14.3 Å². The summed E-state index contributed by atoms with van der Waals surface area (Å²) >= 11 is 0. The molecule has 0 bridgehead atoms. The maximum atomic E-state index is 12.7. The number of likely N-dealkylation sites (tertiary alicyclic amines) is 1. The lowest BCUT2D eigenvalue weighted by molar-refractivity contribution is -0.122. The van der Waals surface area contributed by atoms with Crippen LogP contribution < -0.4 is 10.1 Å². The maximum absolute atomic E-state index is 12.7. The van der Waals surface area contributed by atoms with Gasteiger partial charge in [0.25, 0.3) is 0 Å². The summed E-state index contributed by atoms with van der Waals surface area (Å²) in [7, 11) is 0. The molecule has 2 aromatic rings. The predicted molar refractivity (Wildman–Crippen MR) is 114 cm³/mol. The molecule has 154 valence electrons. The number of hydrogen-bond donors (Lipinski definition) is 1. The molecule has 5 heteroatoms. The van der Waals surface area contributed by atoms with Crippen LogP contribution in [0.2, 0.25) is 0 Å². The Kier molecular flexibility index (Phi) is 7.42. The molecule has 0 atom stereocenters. The lowest BCUT2D eigenvalue weighted by Gasteiger charge is -2.30. The van der Waals surface area contributed by atoms with Gasteiger partial charge in [-0.3, -0.25) is 14.5 Å². The molecule has 1 saturated heterocycles. The van der Waals surface area contributed by atoms with E-state index in [0.29, 0.717) is 19.7 Å². The summed E-state index contributed by atoms with van der Waals surface area (Å²) in [5, 5.41) is 2.98. The first kappa shape index (κ1) is 21.1. The number of ether oxygens (including phenoxy) is 1. The number of Topliss-reactive ketones (excluding diaryl/α,β-unsaturated/α-hetero) is 1. The van der Waals surface area contributed by atoms with E-state index in [1.54, 1.807) is 0 Å². The highest BCUT2D eigenvalue weighted by atomic mass is 16.5. The van der Waals surface area contributed by atoms with E-state index in [2.05, 4.69) is 10.2 Å². The van der Waals surface area contributed by atoms with E-state index in [-0.39, 0.29) is 17.6 Å². The van der Waals surface area contributed by atoms with Crippen LogP contribution in [0.3, 0.4) is 0 Å². The minimum Gasteiger partial charge on any atom is -0.494 e. The summed E-state index contributed by atoms with van der Waals surface area (Å²) in [5.41, 5.74) is 2.97. The number of benzene rings is 2. The summed E-state index contributed by atoms with van der Waals surface area (Å²) in [6.45, 7) is 7.00. The summed E-state index contributed by atoms with van der Waals surface area (Å²) in [5.74, 6) is 1.11. The predicted octanol–water partition coefficient (Wildman–Crippen LogP) is 3.60.